The van der Waals surface area contributed by atoms with Crippen LogP contribution in [0.3, 0.4) is 0 Å². The molecule has 0 radical (unpaired) electrons. The first-order valence-electron chi connectivity index (χ1n) is 21.3. The molecule has 0 fully saturated rings. The lowest BCUT2D eigenvalue weighted by Gasteiger charge is -2.40. The Bertz CT molecular complexity index is 2570. The second-order valence-corrected chi connectivity index (χ2v) is 18.1. The van der Waals surface area contributed by atoms with E-state index in [0.717, 1.165) is 22.7 Å². The van der Waals surface area contributed by atoms with Gasteiger partial charge in [-0.1, -0.05) is 163 Å². The summed E-state index contributed by atoms with van der Waals surface area (Å²) in [5, 5.41) is 0. The zero-order valence-corrected chi connectivity index (χ0v) is 35.6. The lowest BCUT2D eigenvalue weighted by atomic mass is 9.33. The SMILES string of the molecule is Cc1ccc2c(c1)C(C)(C)c1cc3c(cc1-2)N(c1ccccc1)c1cc(N(c2ccccc2)c2ccccc2)ccc1B3c1c(C(C)C)cc(C(C)C)cc1C(C)C. The van der Waals surface area contributed by atoms with Gasteiger partial charge in [0.15, 0.2) is 0 Å². The third-order valence-electron chi connectivity index (χ3n) is 12.9. The van der Waals surface area contributed by atoms with Crippen LogP contribution in [-0.2, 0) is 5.41 Å². The molecule has 2 nitrogen and oxygen atoms in total. The van der Waals surface area contributed by atoms with E-state index in [1.807, 2.05) is 0 Å². The molecule has 2 aliphatic rings. The van der Waals surface area contributed by atoms with Gasteiger partial charge in [0.25, 0.3) is 0 Å². The fraction of sp³-hybridized carbons (Fsp3) is 0.236. The second-order valence-electron chi connectivity index (χ2n) is 18.1. The number of para-hydroxylation sites is 3. The number of anilines is 6. The molecule has 288 valence electrons. The molecular formula is C55H55BN2. The molecule has 0 amide bonds. The quantitative estimate of drug-likeness (QED) is 0.143. The van der Waals surface area contributed by atoms with Crippen LogP contribution in [0.4, 0.5) is 34.1 Å². The number of rotatable bonds is 8. The molecule has 1 aliphatic heterocycles. The topological polar surface area (TPSA) is 6.48 Å². The van der Waals surface area contributed by atoms with Gasteiger partial charge in [-0.05, 0) is 129 Å². The van der Waals surface area contributed by atoms with E-state index in [4.69, 9.17) is 0 Å². The fourth-order valence-electron chi connectivity index (χ4n) is 9.84. The third-order valence-corrected chi connectivity index (χ3v) is 12.9. The Hall–Kier alpha value is -5.80. The standard InChI is InChI=1S/C55H55BN2/c1-35(2)39-30-45(36(3)4)54(46(31-39)37(5)6)56-50-28-26-43(57(40-19-13-10-14-20-40)41-21-15-11-16-22-41)32-52(50)58(42-23-17-12-18-24-42)53-33-47-44-27-25-38(7)29-48(44)55(8,9)49(47)34-51(53)56/h10-37H,1-9H3. The molecule has 7 aromatic rings. The second kappa shape index (κ2) is 14.5. The molecule has 9 rings (SSSR count). The Kier molecular flexibility index (Phi) is 9.47. The van der Waals surface area contributed by atoms with Gasteiger partial charge in [-0.25, -0.2) is 0 Å². The molecule has 0 saturated heterocycles. The van der Waals surface area contributed by atoms with Crippen LogP contribution in [0, 0.1) is 6.92 Å². The predicted molar refractivity (Wildman–Crippen MR) is 251 cm³/mol. The largest absolute Gasteiger partial charge is 0.311 e. The van der Waals surface area contributed by atoms with Crippen LogP contribution in [0.5, 0.6) is 0 Å². The first kappa shape index (κ1) is 37.8. The van der Waals surface area contributed by atoms with Crippen molar-refractivity contribution < 1.29 is 0 Å². The zero-order chi connectivity index (χ0) is 40.5. The predicted octanol–water partition coefficient (Wildman–Crippen LogP) is 13.4. The molecule has 3 heteroatoms. The molecule has 58 heavy (non-hydrogen) atoms. The Balaban J connectivity index is 1.40. The van der Waals surface area contributed by atoms with E-state index in [1.54, 1.807) is 0 Å². The van der Waals surface area contributed by atoms with E-state index in [0.29, 0.717) is 17.8 Å². The Morgan fingerprint density at radius 1 is 0.500 bits per heavy atom. The van der Waals surface area contributed by atoms with Gasteiger partial charge in [0.2, 0.25) is 6.71 Å². The number of nitrogens with zero attached hydrogens (tertiary/aromatic N) is 2. The molecule has 0 unspecified atom stereocenters. The smallest absolute Gasteiger partial charge is 0.247 e. The van der Waals surface area contributed by atoms with Crippen LogP contribution in [0.15, 0.2) is 152 Å². The van der Waals surface area contributed by atoms with Crippen LogP contribution in [0.2, 0.25) is 0 Å². The minimum absolute atomic E-state index is 0.0310. The first-order chi connectivity index (χ1) is 27.9. The van der Waals surface area contributed by atoms with E-state index in [9.17, 15) is 0 Å². The summed E-state index contributed by atoms with van der Waals surface area (Å²) in [6.07, 6.45) is 0. The van der Waals surface area contributed by atoms with Crippen molar-refractivity contribution in [2.75, 3.05) is 9.80 Å². The number of hydrogen-bond donors (Lipinski definition) is 0. The average molecular weight is 755 g/mol. The fourth-order valence-corrected chi connectivity index (χ4v) is 9.84. The molecule has 0 N–H and O–H groups in total. The Morgan fingerprint density at radius 2 is 1.05 bits per heavy atom. The highest BCUT2D eigenvalue weighted by Crippen LogP contribution is 2.51. The molecule has 0 saturated carbocycles. The van der Waals surface area contributed by atoms with Gasteiger partial charge < -0.3 is 9.80 Å². The highest BCUT2D eigenvalue weighted by molar-refractivity contribution is 6.98. The van der Waals surface area contributed by atoms with Crippen molar-refractivity contribution in [3.05, 3.63) is 185 Å². The molecule has 1 heterocycles. The van der Waals surface area contributed by atoms with Crippen LogP contribution in [0.25, 0.3) is 11.1 Å². The summed E-state index contributed by atoms with van der Waals surface area (Å²) in [5.41, 5.74) is 22.3. The molecule has 7 aromatic carbocycles. The van der Waals surface area contributed by atoms with Crippen molar-refractivity contribution in [1.29, 1.82) is 0 Å². The zero-order valence-electron chi connectivity index (χ0n) is 35.6. The van der Waals surface area contributed by atoms with Crippen molar-refractivity contribution in [2.24, 2.45) is 0 Å². The number of hydrogen-bond acceptors (Lipinski definition) is 2. The maximum atomic E-state index is 2.61. The normalized spacial score (nSPS) is 13.8. The van der Waals surface area contributed by atoms with Gasteiger partial charge in [-0.15, -0.1) is 0 Å². The van der Waals surface area contributed by atoms with Crippen LogP contribution in [0.1, 0.15) is 107 Å². The van der Waals surface area contributed by atoms with Crippen molar-refractivity contribution in [2.45, 2.75) is 85.5 Å². The van der Waals surface area contributed by atoms with Gasteiger partial charge in [0.05, 0.1) is 0 Å². The first-order valence-corrected chi connectivity index (χ1v) is 21.3. The maximum absolute atomic E-state index is 2.61. The third kappa shape index (κ3) is 6.18. The monoisotopic (exact) mass is 754 g/mol. The van der Waals surface area contributed by atoms with Gasteiger partial charge in [-0.3, -0.25) is 0 Å². The summed E-state index contributed by atoms with van der Waals surface area (Å²) in [6.45, 7) is 21.3. The van der Waals surface area contributed by atoms with Gasteiger partial charge >= 0.3 is 0 Å². The number of fused-ring (bicyclic) bond motifs is 5. The summed E-state index contributed by atoms with van der Waals surface area (Å²) >= 11 is 0. The number of aryl methyl sites for hydroxylation is 1. The summed E-state index contributed by atoms with van der Waals surface area (Å²) in [6, 6.07) is 57.2. The minimum atomic E-state index is -0.132. The van der Waals surface area contributed by atoms with E-state index in [-0.39, 0.29) is 12.1 Å². The minimum Gasteiger partial charge on any atom is -0.311 e. The highest BCUT2D eigenvalue weighted by atomic mass is 15.2. The highest BCUT2D eigenvalue weighted by Gasteiger charge is 2.43. The van der Waals surface area contributed by atoms with E-state index in [1.165, 1.54) is 72.3 Å². The molecule has 0 spiro atoms. The van der Waals surface area contributed by atoms with E-state index >= 15 is 0 Å². The molecule has 0 bridgehead atoms. The van der Waals surface area contributed by atoms with Crippen molar-refractivity contribution >= 4 is 57.2 Å². The maximum Gasteiger partial charge on any atom is 0.247 e. The van der Waals surface area contributed by atoms with Crippen LogP contribution >= 0.6 is 0 Å². The van der Waals surface area contributed by atoms with E-state index in [2.05, 4.69) is 224 Å². The molecule has 0 aromatic heterocycles. The Labute approximate surface area is 347 Å². The van der Waals surface area contributed by atoms with Crippen LogP contribution < -0.4 is 26.2 Å². The van der Waals surface area contributed by atoms with Crippen LogP contribution in [-0.4, -0.2) is 6.71 Å². The molecule has 1 aliphatic carbocycles. The summed E-state index contributed by atoms with van der Waals surface area (Å²) < 4.78 is 0. The molecule has 0 atom stereocenters. The lowest BCUT2D eigenvalue weighted by Crippen LogP contribution is -2.59. The summed E-state index contributed by atoms with van der Waals surface area (Å²) in [5.74, 6) is 1.16. The van der Waals surface area contributed by atoms with Crippen molar-refractivity contribution in [1.82, 2.24) is 0 Å². The lowest BCUT2D eigenvalue weighted by molar-refractivity contribution is 0.660. The molecular weight excluding hydrogens is 699 g/mol. The average Bonchev–Trinajstić information content (AvgIpc) is 3.44. The van der Waals surface area contributed by atoms with Gasteiger partial charge in [-0.2, -0.15) is 0 Å². The van der Waals surface area contributed by atoms with Gasteiger partial charge in [0.1, 0.15) is 0 Å². The van der Waals surface area contributed by atoms with Gasteiger partial charge in [0, 0.05) is 39.5 Å². The van der Waals surface area contributed by atoms with Crippen molar-refractivity contribution in [3.8, 4) is 11.1 Å². The van der Waals surface area contributed by atoms with Crippen molar-refractivity contribution in [3.63, 3.8) is 0 Å². The number of benzene rings is 7. The summed E-state index contributed by atoms with van der Waals surface area (Å²) in [7, 11) is 0. The summed E-state index contributed by atoms with van der Waals surface area (Å²) in [4.78, 5) is 4.96. The Morgan fingerprint density at radius 3 is 1.62 bits per heavy atom. The van der Waals surface area contributed by atoms with E-state index < -0.39 is 0 Å².